The highest BCUT2D eigenvalue weighted by atomic mass is 127. The smallest absolute Gasteiger partial charge is 0.423 e. The summed E-state index contributed by atoms with van der Waals surface area (Å²) >= 11 is 7.97. The van der Waals surface area contributed by atoms with Gasteiger partial charge in [0.05, 0.1) is 0 Å². The first-order valence-electron chi connectivity index (χ1n) is 3.85. The first-order valence-corrected chi connectivity index (χ1v) is 6.26. The molecule has 6 heteroatoms. The molecule has 0 bridgehead atoms. The van der Waals surface area contributed by atoms with Gasteiger partial charge < -0.3 is 10.0 Å². The van der Waals surface area contributed by atoms with Crippen molar-refractivity contribution in [3.8, 4) is 0 Å². The third kappa shape index (κ3) is 1.81. The van der Waals surface area contributed by atoms with E-state index in [0.29, 0.717) is 5.46 Å². The number of thiol groups is 1. The van der Waals surface area contributed by atoms with Crippen LogP contribution in [0.4, 0.5) is 0 Å². The highest BCUT2D eigenvalue weighted by Gasteiger charge is 2.17. The number of benzene rings is 1. The van der Waals surface area contributed by atoms with Crippen molar-refractivity contribution in [2.45, 2.75) is 4.90 Å². The minimum absolute atomic E-state index is 0.528. The van der Waals surface area contributed by atoms with Crippen LogP contribution in [0.15, 0.2) is 22.4 Å². The van der Waals surface area contributed by atoms with E-state index in [-0.39, 0.29) is 0 Å². The van der Waals surface area contributed by atoms with Gasteiger partial charge in [-0.15, -0.1) is 24.0 Å². The Balaban J connectivity index is 2.82. The highest BCUT2D eigenvalue weighted by molar-refractivity contribution is 14.1. The third-order valence-electron chi connectivity index (χ3n) is 1.92. The molecule has 0 aliphatic heterocycles. The number of rotatable bonds is 1. The fraction of sp³-hybridized carbons (Fsp3) is 0. The van der Waals surface area contributed by atoms with Crippen LogP contribution in [0.25, 0.3) is 10.1 Å². The van der Waals surface area contributed by atoms with Crippen molar-refractivity contribution >= 4 is 69.2 Å². The van der Waals surface area contributed by atoms with Gasteiger partial charge in [0, 0.05) is 29.4 Å². The summed E-state index contributed by atoms with van der Waals surface area (Å²) in [5.74, 6) is 0. The Labute approximate surface area is 105 Å². The topological polar surface area (TPSA) is 40.5 Å². The van der Waals surface area contributed by atoms with Crippen molar-refractivity contribution in [1.82, 2.24) is 0 Å². The Morgan fingerprint density at radius 1 is 1.36 bits per heavy atom. The van der Waals surface area contributed by atoms with Crippen molar-refractivity contribution in [2.75, 3.05) is 0 Å². The Morgan fingerprint density at radius 3 is 2.71 bits per heavy atom. The zero-order valence-corrected chi connectivity index (χ0v) is 10.8. The van der Waals surface area contributed by atoms with Crippen LogP contribution in [0.5, 0.6) is 0 Å². The van der Waals surface area contributed by atoms with Crippen molar-refractivity contribution in [3.63, 3.8) is 0 Å². The third-order valence-corrected chi connectivity index (χ3v) is 4.54. The molecule has 14 heavy (non-hydrogen) atoms. The summed E-state index contributed by atoms with van der Waals surface area (Å²) in [6.07, 6.45) is 0. The molecule has 2 N–H and O–H groups in total. The molecule has 1 heterocycles. The van der Waals surface area contributed by atoms with E-state index in [1.54, 1.807) is 6.07 Å². The molecular formula is C8H6BIO2S2. The predicted octanol–water partition coefficient (Wildman–Crippen LogP) is 1.47. The van der Waals surface area contributed by atoms with E-state index in [1.807, 2.05) is 11.4 Å². The Kier molecular flexibility index (Phi) is 3.08. The average Bonchev–Trinajstić information content (AvgIpc) is 2.47. The second kappa shape index (κ2) is 4.01. The molecule has 0 fully saturated rings. The zero-order chi connectivity index (χ0) is 10.3. The lowest BCUT2D eigenvalue weighted by Gasteiger charge is -2.03. The fourth-order valence-corrected chi connectivity index (χ4v) is 3.51. The van der Waals surface area contributed by atoms with Crippen LogP contribution in [0.1, 0.15) is 0 Å². The molecule has 0 radical (unpaired) electrons. The molecule has 0 amide bonds. The number of fused-ring (bicyclic) bond motifs is 1. The van der Waals surface area contributed by atoms with Crippen LogP contribution >= 0.6 is 46.6 Å². The van der Waals surface area contributed by atoms with E-state index in [9.17, 15) is 10.0 Å². The average molecular weight is 336 g/mol. The molecule has 1 aromatic heterocycles. The second-order valence-corrected chi connectivity index (χ2v) is 5.43. The SMILES string of the molecule is OB(O)c1cc(S)cc2c(I)csc12. The van der Waals surface area contributed by atoms with Crippen LogP contribution < -0.4 is 5.46 Å². The molecule has 1 aromatic carbocycles. The quantitative estimate of drug-likeness (QED) is 0.419. The molecule has 0 atom stereocenters. The van der Waals surface area contributed by atoms with Crippen LogP contribution in [0, 0.1) is 3.57 Å². The van der Waals surface area contributed by atoms with Crippen LogP contribution in [-0.2, 0) is 0 Å². The molecule has 0 aliphatic rings. The van der Waals surface area contributed by atoms with Crippen LogP contribution in [0.2, 0.25) is 0 Å². The largest absolute Gasteiger partial charge is 0.489 e. The molecule has 0 spiro atoms. The van der Waals surface area contributed by atoms with E-state index in [2.05, 4.69) is 35.2 Å². The van der Waals surface area contributed by atoms with Crippen LogP contribution in [0.3, 0.4) is 0 Å². The van der Waals surface area contributed by atoms with Crippen molar-refractivity contribution in [1.29, 1.82) is 0 Å². The molecule has 0 saturated heterocycles. The van der Waals surface area contributed by atoms with Gasteiger partial charge in [0.2, 0.25) is 0 Å². The normalized spacial score (nSPS) is 10.9. The van der Waals surface area contributed by atoms with E-state index in [4.69, 9.17) is 0 Å². The van der Waals surface area contributed by atoms with Gasteiger partial charge in [-0.3, -0.25) is 0 Å². The molecule has 2 aromatic rings. The second-order valence-electron chi connectivity index (χ2n) is 2.87. The van der Waals surface area contributed by atoms with E-state index in [0.717, 1.165) is 18.6 Å². The van der Waals surface area contributed by atoms with Crippen molar-refractivity contribution < 1.29 is 10.0 Å². The summed E-state index contributed by atoms with van der Waals surface area (Å²) in [6, 6.07) is 3.62. The maximum atomic E-state index is 9.18. The monoisotopic (exact) mass is 336 g/mol. The van der Waals surface area contributed by atoms with Crippen molar-refractivity contribution in [3.05, 3.63) is 21.1 Å². The van der Waals surface area contributed by atoms with Gasteiger partial charge in [-0.2, -0.15) is 0 Å². The summed E-state index contributed by atoms with van der Waals surface area (Å²) in [7, 11) is -1.43. The minimum atomic E-state index is -1.43. The van der Waals surface area contributed by atoms with Gasteiger partial charge in [0.25, 0.3) is 0 Å². The van der Waals surface area contributed by atoms with E-state index < -0.39 is 7.12 Å². The molecule has 72 valence electrons. The summed E-state index contributed by atoms with van der Waals surface area (Å²) in [6.45, 7) is 0. The fourth-order valence-electron chi connectivity index (χ4n) is 1.31. The standard InChI is InChI=1S/C8H6BIO2S2/c10-7-3-14-8-5(7)1-4(13)2-6(8)9(11)12/h1-3,11-13H. The first kappa shape index (κ1) is 10.8. The Bertz CT molecular complexity index is 483. The lowest BCUT2D eigenvalue weighted by molar-refractivity contribution is 0.426. The Hall–Kier alpha value is 0.245. The summed E-state index contributed by atoms with van der Waals surface area (Å²) in [5, 5.41) is 21.4. The molecule has 0 aliphatic carbocycles. The summed E-state index contributed by atoms with van der Waals surface area (Å²) < 4.78 is 2.03. The van der Waals surface area contributed by atoms with Gasteiger partial charge in [-0.05, 0) is 34.7 Å². The minimum Gasteiger partial charge on any atom is -0.423 e. The Morgan fingerprint density at radius 2 is 2.07 bits per heavy atom. The molecule has 2 nitrogen and oxygen atoms in total. The molecular weight excluding hydrogens is 330 g/mol. The molecule has 0 unspecified atom stereocenters. The van der Waals surface area contributed by atoms with Gasteiger partial charge in [-0.25, -0.2) is 0 Å². The lowest BCUT2D eigenvalue weighted by Crippen LogP contribution is -2.30. The first-order chi connectivity index (χ1) is 6.59. The maximum absolute atomic E-state index is 9.18. The number of hydrogen-bond donors (Lipinski definition) is 3. The highest BCUT2D eigenvalue weighted by Crippen LogP contribution is 2.27. The van der Waals surface area contributed by atoms with Gasteiger partial charge in [-0.1, -0.05) is 0 Å². The number of hydrogen-bond acceptors (Lipinski definition) is 4. The molecule has 2 rings (SSSR count). The number of halogens is 1. The maximum Gasteiger partial charge on any atom is 0.489 e. The molecule has 0 saturated carbocycles. The zero-order valence-electron chi connectivity index (χ0n) is 6.94. The van der Waals surface area contributed by atoms with Gasteiger partial charge >= 0.3 is 7.12 Å². The van der Waals surface area contributed by atoms with Crippen LogP contribution in [-0.4, -0.2) is 17.2 Å². The summed E-state index contributed by atoms with van der Waals surface area (Å²) in [5.41, 5.74) is 0.528. The lowest BCUT2D eigenvalue weighted by atomic mass is 9.80. The van der Waals surface area contributed by atoms with E-state index >= 15 is 0 Å². The van der Waals surface area contributed by atoms with Gasteiger partial charge in [0.1, 0.15) is 0 Å². The predicted molar refractivity (Wildman–Crippen MR) is 71.6 cm³/mol. The van der Waals surface area contributed by atoms with Gasteiger partial charge in [0.15, 0.2) is 0 Å². The number of thiophene rings is 1. The van der Waals surface area contributed by atoms with Crippen molar-refractivity contribution in [2.24, 2.45) is 0 Å². The van der Waals surface area contributed by atoms with E-state index in [1.165, 1.54) is 11.3 Å². The summed E-state index contributed by atoms with van der Waals surface area (Å²) in [4.78, 5) is 0.747.